The van der Waals surface area contributed by atoms with Crippen molar-refractivity contribution in [2.45, 2.75) is 33.1 Å². The van der Waals surface area contributed by atoms with Crippen molar-refractivity contribution in [3.8, 4) is 0 Å². The number of rotatable bonds is 8. The Labute approximate surface area is 130 Å². The zero-order chi connectivity index (χ0) is 15.9. The average molecular weight is 304 g/mol. The first-order chi connectivity index (χ1) is 10.6. The molecule has 6 heteroatoms. The van der Waals surface area contributed by atoms with Crippen molar-refractivity contribution in [2.24, 2.45) is 0 Å². The first-order valence-electron chi connectivity index (χ1n) is 7.73. The highest BCUT2D eigenvalue weighted by Gasteiger charge is 2.05. The third-order valence-electron chi connectivity index (χ3n) is 3.46. The minimum atomic E-state index is -0.183. The largest absolute Gasteiger partial charge is 0.397 e. The minimum Gasteiger partial charge on any atom is -0.397 e. The molecule has 0 atom stereocenters. The number of benzene rings is 1. The normalized spacial score (nSPS) is 11.0. The number of hydrogen-bond acceptors (Lipinski definition) is 5. The number of aromatic nitrogens is 2. The molecule has 6 nitrogen and oxygen atoms in total. The number of H-pyrrole nitrogens is 1. The van der Waals surface area contributed by atoms with Crippen LogP contribution in [0.3, 0.4) is 0 Å². The fraction of sp³-hybridized carbons (Fsp3) is 0.500. The first kappa shape index (κ1) is 16.3. The van der Waals surface area contributed by atoms with E-state index in [2.05, 4.69) is 22.2 Å². The van der Waals surface area contributed by atoms with Crippen LogP contribution in [0.5, 0.6) is 0 Å². The summed E-state index contributed by atoms with van der Waals surface area (Å²) in [6.07, 6.45) is 3.17. The van der Waals surface area contributed by atoms with E-state index in [0.29, 0.717) is 16.9 Å². The molecule has 0 amide bonds. The number of fused-ring (bicyclic) bond motifs is 1. The van der Waals surface area contributed by atoms with Gasteiger partial charge < -0.3 is 20.8 Å². The van der Waals surface area contributed by atoms with E-state index in [1.807, 2.05) is 6.07 Å². The van der Waals surface area contributed by atoms with Crippen LogP contribution in [0.25, 0.3) is 11.0 Å². The van der Waals surface area contributed by atoms with Crippen LogP contribution in [0.1, 0.15) is 31.9 Å². The van der Waals surface area contributed by atoms with Gasteiger partial charge in [0.05, 0.1) is 22.4 Å². The number of nitrogens with one attached hydrogen (secondary N) is 2. The van der Waals surface area contributed by atoms with Gasteiger partial charge in [-0.25, -0.2) is 4.98 Å². The Hall–Kier alpha value is -2.08. The SMILES string of the molecule is CCCCOCCCNc1cc2nc(C)c(=O)[nH]c2cc1N. The molecule has 0 saturated heterocycles. The second kappa shape index (κ2) is 7.79. The molecule has 0 bridgehead atoms. The number of hydrogen-bond donors (Lipinski definition) is 3. The smallest absolute Gasteiger partial charge is 0.269 e. The summed E-state index contributed by atoms with van der Waals surface area (Å²) in [5.74, 6) is 0. The maximum Gasteiger partial charge on any atom is 0.269 e. The highest BCUT2D eigenvalue weighted by molar-refractivity contribution is 5.86. The second-order valence-corrected chi connectivity index (χ2v) is 5.35. The lowest BCUT2D eigenvalue weighted by atomic mass is 10.2. The van der Waals surface area contributed by atoms with Gasteiger partial charge in [0, 0.05) is 19.8 Å². The number of nitrogens with two attached hydrogens (primary N) is 1. The van der Waals surface area contributed by atoms with Gasteiger partial charge in [0.1, 0.15) is 5.69 Å². The summed E-state index contributed by atoms with van der Waals surface area (Å²) in [6.45, 7) is 6.19. The zero-order valence-electron chi connectivity index (χ0n) is 13.2. The van der Waals surface area contributed by atoms with Crippen LogP contribution >= 0.6 is 0 Å². The van der Waals surface area contributed by atoms with Crippen LogP contribution in [0.15, 0.2) is 16.9 Å². The Balaban J connectivity index is 1.95. The van der Waals surface area contributed by atoms with Crippen LogP contribution in [-0.4, -0.2) is 29.7 Å². The minimum absolute atomic E-state index is 0.183. The first-order valence-corrected chi connectivity index (χ1v) is 7.73. The molecule has 2 rings (SSSR count). The Morgan fingerprint density at radius 1 is 1.32 bits per heavy atom. The lowest BCUT2D eigenvalue weighted by Crippen LogP contribution is -2.12. The van der Waals surface area contributed by atoms with Gasteiger partial charge in [0.25, 0.3) is 5.56 Å². The number of aromatic amines is 1. The number of nitrogens with zero attached hydrogens (tertiary/aromatic N) is 1. The average Bonchev–Trinajstić information content (AvgIpc) is 2.49. The highest BCUT2D eigenvalue weighted by atomic mass is 16.5. The van der Waals surface area contributed by atoms with Crippen LogP contribution < -0.4 is 16.6 Å². The predicted octanol–water partition coefficient (Wildman–Crippen LogP) is 2.43. The molecule has 0 radical (unpaired) electrons. The summed E-state index contributed by atoms with van der Waals surface area (Å²) in [4.78, 5) is 18.6. The van der Waals surface area contributed by atoms with Gasteiger partial charge in [-0.2, -0.15) is 0 Å². The molecule has 0 saturated carbocycles. The second-order valence-electron chi connectivity index (χ2n) is 5.35. The summed E-state index contributed by atoms with van der Waals surface area (Å²) in [6, 6.07) is 3.61. The maximum atomic E-state index is 11.6. The van der Waals surface area contributed by atoms with Gasteiger partial charge in [-0.1, -0.05) is 13.3 Å². The van der Waals surface area contributed by atoms with Crippen molar-refractivity contribution >= 4 is 22.4 Å². The maximum absolute atomic E-state index is 11.6. The molecule has 2 aromatic rings. The Morgan fingerprint density at radius 2 is 2.09 bits per heavy atom. The van der Waals surface area contributed by atoms with Crippen LogP contribution in [-0.2, 0) is 4.74 Å². The number of unbranched alkanes of at least 4 members (excludes halogenated alkanes) is 1. The van der Waals surface area contributed by atoms with Crippen molar-refractivity contribution in [3.05, 3.63) is 28.2 Å². The quantitative estimate of drug-likeness (QED) is 0.514. The molecule has 0 unspecified atom stereocenters. The highest BCUT2D eigenvalue weighted by Crippen LogP contribution is 2.23. The van der Waals surface area contributed by atoms with Gasteiger partial charge in [-0.15, -0.1) is 0 Å². The van der Waals surface area contributed by atoms with Crippen molar-refractivity contribution in [1.82, 2.24) is 9.97 Å². The Kier molecular flexibility index (Phi) is 5.77. The van der Waals surface area contributed by atoms with Crippen LogP contribution in [0.4, 0.5) is 11.4 Å². The van der Waals surface area contributed by atoms with E-state index in [-0.39, 0.29) is 5.56 Å². The topological polar surface area (TPSA) is 93.0 Å². The van der Waals surface area contributed by atoms with Crippen molar-refractivity contribution in [1.29, 1.82) is 0 Å². The predicted molar refractivity (Wildman–Crippen MR) is 90.3 cm³/mol. The molecule has 120 valence electrons. The summed E-state index contributed by atoms with van der Waals surface area (Å²) in [5.41, 5.74) is 9.09. The Morgan fingerprint density at radius 3 is 2.86 bits per heavy atom. The van der Waals surface area contributed by atoms with Crippen LogP contribution in [0, 0.1) is 6.92 Å². The molecule has 1 aromatic heterocycles. The van der Waals surface area contributed by atoms with E-state index in [1.165, 1.54) is 0 Å². The molecule has 0 aliphatic carbocycles. The third-order valence-corrected chi connectivity index (χ3v) is 3.46. The van der Waals surface area contributed by atoms with E-state index in [0.717, 1.165) is 50.2 Å². The number of ether oxygens (including phenoxy) is 1. The lowest BCUT2D eigenvalue weighted by molar-refractivity contribution is 0.131. The van der Waals surface area contributed by atoms with E-state index in [1.54, 1.807) is 13.0 Å². The summed E-state index contributed by atoms with van der Waals surface area (Å²) in [7, 11) is 0. The van der Waals surface area contributed by atoms with Gasteiger partial charge in [-0.3, -0.25) is 4.79 Å². The number of anilines is 2. The molecular formula is C16H24N4O2. The van der Waals surface area contributed by atoms with Gasteiger partial charge in [0.15, 0.2) is 0 Å². The molecule has 1 heterocycles. The standard InChI is InChI=1S/C16H24N4O2/c1-3-4-7-22-8-5-6-18-13-10-15-14(9-12(13)17)20-16(21)11(2)19-15/h9-10,18H,3-8,17H2,1-2H3,(H,20,21). The van der Waals surface area contributed by atoms with Gasteiger partial charge >= 0.3 is 0 Å². The molecule has 1 aromatic carbocycles. The molecule has 0 aliphatic heterocycles. The van der Waals surface area contributed by atoms with Gasteiger partial charge in [-0.05, 0) is 31.9 Å². The fourth-order valence-electron chi connectivity index (χ4n) is 2.14. The molecule has 22 heavy (non-hydrogen) atoms. The van der Waals surface area contributed by atoms with Crippen molar-refractivity contribution < 1.29 is 4.74 Å². The summed E-state index contributed by atoms with van der Waals surface area (Å²) < 4.78 is 5.52. The Bertz CT molecular complexity index is 682. The van der Waals surface area contributed by atoms with Gasteiger partial charge in [0.2, 0.25) is 0 Å². The van der Waals surface area contributed by atoms with E-state index >= 15 is 0 Å². The monoisotopic (exact) mass is 304 g/mol. The fourth-order valence-corrected chi connectivity index (χ4v) is 2.14. The molecule has 4 N–H and O–H groups in total. The van der Waals surface area contributed by atoms with E-state index < -0.39 is 0 Å². The summed E-state index contributed by atoms with van der Waals surface area (Å²) in [5, 5.41) is 3.29. The van der Waals surface area contributed by atoms with E-state index in [4.69, 9.17) is 10.5 Å². The van der Waals surface area contributed by atoms with Crippen molar-refractivity contribution in [3.63, 3.8) is 0 Å². The lowest BCUT2D eigenvalue weighted by Gasteiger charge is -2.11. The molecular weight excluding hydrogens is 280 g/mol. The summed E-state index contributed by atoms with van der Waals surface area (Å²) >= 11 is 0. The van der Waals surface area contributed by atoms with E-state index in [9.17, 15) is 4.79 Å². The molecule has 0 fully saturated rings. The zero-order valence-corrected chi connectivity index (χ0v) is 13.2. The number of nitrogen functional groups attached to an aromatic ring is 1. The van der Waals surface area contributed by atoms with Crippen molar-refractivity contribution in [2.75, 3.05) is 30.8 Å². The molecule has 0 spiro atoms. The van der Waals surface area contributed by atoms with Crippen LogP contribution in [0.2, 0.25) is 0 Å². The number of aryl methyl sites for hydroxylation is 1. The third kappa shape index (κ3) is 4.21. The molecule has 0 aliphatic rings.